The summed E-state index contributed by atoms with van der Waals surface area (Å²) in [6, 6.07) is 0.832. The molecule has 1 aliphatic heterocycles. The van der Waals surface area contributed by atoms with Gasteiger partial charge in [-0.2, -0.15) is 17.5 Å². The zero-order valence-electron chi connectivity index (χ0n) is 11.8. The van der Waals surface area contributed by atoms with Crippen LogP contribution >= 0.6 is 11.6 Å². The summed E-state index contributed by atoms with van der Waals surface area (Å²) in [5, 5.41) is -0.0957. The van der Waals surface area contributed by atoms with Crippen molar-refractivity contribution in [3.63, 3.8) is 0 Å². The number of piperazine rings is 1. The molecule has 22 heavy (non-hydrogen) atoms. The van der Waals surface area contributed by atoms with Crippen LogP contribution in [0.5, 0.6) is 0 Å². The molecule has 0 atom stereocenters. The number of anilines is 1. The molecule has 0 spiro atoms. The van der Waals surface area contributed by atoms with Gasteiger partial charge in [0, 0.05) is 32.4 Å². The van der Waals surface area contributed by atoms with E-state index in [1.165, 1.54) is 4.31 Å². The molecular formula is C12H15ClF3N3O2S. The highest BCUT2D eigenvalue weighted by molar-refractivity contribution is 7.89. The van der Waals surface area contributed by atoms with Crippen molar-refractivity contribution in [3.8, 4) is 0 Å². The molecule has 0 aromatic carbocycles. The van der Waals surface area contributed by atoms with E-state index in [-0.39, 0.29) is 29.7 Å². The van der Waals surface area contributed by atoms with Crippen LogP contribution < -0.4 is 4.90 Å². The average Bonchev–Trinajstić information content (AvgIpc) is 2.46. The van der Waals surface area contributed by atoms with Crippen molar-refractivity contribution in [1.29, 1.82) is 0 Å². The third-order valence-corrected chi connectivity index (χ3v) is 5.61. The first kappa shape index (κ1) is 17.3. The van der Waals surface area contributed by atoms with Crippen LogP contribution in [-0.2, 0) is 16.2 Å². The van der Waals surface area contributed by atoms with E-state index in [4.69, 9.17) is 11.6 Å². The minimum atomic E-state index is -4.50. The first-order valence-electron chi connectivity index (χ1n) is 6.60. The molecule has 0 aliphatic carbocycles. The molecule has 0 unspecified atom stereocenters. The summed E-state index contributed by atoms with van der Waals surface area (Å²) in [5.74, 6) is 0.259. The fraction of sp³-hybridized carbons (Fsp3) is 0.583. The van der Waals surface area contributed by atoms with Crippen molar-refractivity contribution >= 4 is 27.4 Å². The number of pyridine rings is 1. The lowest BCUT2D eigenvalue weighted by Gasteiger charge is -2.34. The van der Waals surface area contributed by atoms with Gasteiger partial charge in [-0.15, -0.1) is 0 Å². The van der Waals surface area contributed by atoms with Gasteiger partial charge in [0.2, 0.25) is 10.0 Å². The molecule has 1 fully saturated rings. The van der Waals surface area contributed by atoms with E-state index >= 15 is 0 Å². The van der Waals surface area contributed by atoms with E-state index in [1.807, 2.05) is 0 Å². The van der Waals surface area contributed by atoms with E-state index in [9.17, 15) is 21.6 Å². The zero-order chi connectivity index (χ0) is 16.5. The lowest BCUT2D eigenvalue weighted by molar-refractivity contribution is -0.137. The smallest absolute Gasteiger partial charge is 0.353 e. The van der Waals surface area contributed by atoms with Gasteiger partial charge in [-0.05, 0) is 13.0 Å². The van der Waals surface area contributed by atoms with Crippen molar-refractivity contribution in [2.24, 2.45) is 0 Å². The maximum Gasteiger partial charge on any atom is 0.417 e. The second-order valence-electron chi connectivity index (χ2n) is 4.81. The van der Waals surface area contributed by atoms with E-state index in [2.05, 4.69) is 4.98 Å². The highest BCUT2D eigenvalue weighted by Crippen LogP contribution is 2.33. The number of alkyl halides is 3. The Bertz CT molecular complexity index is 644. The van der Waals surface area contributed by atoms with E-state index in [1.54, 1.807) is 11.8 Å². The molecule has 5 nitrogen and oxygen atoms in total. The molecule has 0 radical (unpaired) electrons. The molecule has 1 aromatic heterocycles. The van der Waals surface area contributed by atoms with Gasteiger partial charge in [-0.3, -0.25) is 0 Å². The molecule has 10 heteroatoms. The summed E-state index contributed by atoms with van der Waals surface area (Å²) in [6.45, 7) is 2.75. The van der Waals surface area contributed by atoms with E-state index < -0.39 is 21.8 Å². The monoisotopic (exact) mass is 357 g/mol. The fourth-order valence-electron chi connectivity index (χ4n) is 2.18. The van der Waals surface area contributed by atoms with Gasteiger partial charge >= 0.3 is 6.18 Å². The second-order valence-corrected chi connectivity index (χ2v) is 7.48. The normalized spacial score (nSPS) is 17.8. The third kappa shape index (κ3) is 3.64. The third-order valence-electron chi connectivity index (χ3n) is 3.45. The Labute approximate surface area is 131 Å². The molecule has 0 bridgehead atoms. The summed E-state index contributed by atoms with van der Waals surface area (Å²) in [4.78, 5) is 5.47. The van der Waals surface area contributed by atoms with E-state index in [0.717, 1.165) is 12.3 Å². The van der Waals surface area contributed by atoms with Crippen molar-refractivity contribution in [3.05, 3.63) is 22.8 Å². The number of hydrogen-bond donors (Lipinski definition) is 0. The Morgan fingerprint density at radius 2 is 1.86 bits per heavy atom. The highest BCUT2D eigenvalue weighted by Gasteiger charge is 2.33. The van der Waals surface area contributed by atoms with Crippen molar-refractivity contribution < 1.29 is 21.6 Å². The molecule has 1 saturated heterocycles. The molecule has 1 aromatic rings. The number of rotatable bonds is 3. The molecule has 1 aliphatic rings. The molecule has 124 valence electrons. The Kier molecular flexibility index (Phi) is 4.88. The number of sulfonamides is 1. The lowest BCUT2D eigenvalue weighted by Crippen LogP contribution is -2.49. The van der Waals surface area contributed by atoms with Crippen LogP contribution in [0.1, 0.15) is 12.5 Å². The fourth-order valence-corrected chi connectivity index (χ4v) is 3.55. The lowest BCUT2D eigenvalue weighted by atomic mass is 10.2. The van der Waals surface area contributed by atoms with E-state index in [0.29, 0.717) is 13.1 Å². The van der Waals surface area contributed by atoms with Crippen LogP contribution in [0.15, 0.2) is 12.3 Å². The van der Waals surface area contributed by atoms with Crippen molar-refractivity contribution in [2.45, 2.75) is 13.1 Å². The second kappa shape index (κ2) is 6.21. The predicted octanol–water partition coefficient (Wildman–Crippen LogP) is 2.23. The van der Waals surface area contributed by atoms with Gasteiger partial charge in [0.05, 0.1) is 16.3 Å². The van der Waals surface area contributed by atoms with Crippen LogP contribution in [0.4, 0.5) is 19.0 Å². The molecule has 2 heterocycles. The topological polar surface area (TPSA) is 53.5 Å². The first-order chi connectivity index (χ1) is 10.1. The number of aromatic nitrogens is 1. The molecule has 0 amide bonds. The number of hydrogen-bond acceptors (Lipinski definition) is 4. The van der Waals surface area contributed by atoms with Gasteiger partial charge in [0.1, 0.15) is 5.82 Å². The Balaban J connectivity index is 2.12. The summed E-state index contributed by atoms with van der Waals surface area (Å²) in [7, 11) is -3.26. The molecule has 2 rings (SSSR count). The van der Waals surface area contributed by atoms with Crippen LogP contribution in [0.3, 0.4) is 0 Å². The minimum Gasteiger partial charge on any atom is -0.353 e. The van der Waals surface area contributed by atoms with Gasteiger partial charge in [0.25, 0.3) is 0 Å². The van der Waals surface area contributed by atoms with Crippen molar-refractivity contribution in [1.82, 2.24) is 9.29 Å². The molecule has 0 N–H and O–H groups in total. The molecular weight excluding hydrogens is 343 g/mol. The minimum absolute atomic E-state index is 0.0201. The number of halogens is 4. The van der Waals surface area contributed by atoms with Crippen LogP contribution in [0.2, 0.25) is 5.02 Å². The number of nitrogens with zero attached hydrogens (tertiary/aromatic N) is 3. The average molecular weight is 358 g/mol. The van der Waals surface area contributed by atoms with Gasteiger partial charge in [0.15, 0.2) is 0 Å². The first-order valence-corrected chi connectivity index (χ1v) is 8.59. The predicted molar refractivity (Wildman–Crippen MR) is 77.5 cm³/mol. The maximum absolute atomic E-state index is 12.6. The van der Waals surface area contributed by atoms with Crippen LogP contribution in [0.25, 0.3) is 0 Å². The summed E-state index contributed by atoms with van der Waals surface area (Å²) < 4.78 is 62.6. The summed E-state index contributed by atoms with van der Waals surface area (Å²) in [6.07, 6.45) is -3.76. The SMILES string of the molecule is CCS(=O)(=O)N1CCN(c2ncc(C(F)(F)F)cc2Cl)CC1. The largest absolute Gasteiger partial charge is 0.417 e. The quantitative estimate of drug-likeness (QED) is 0.832. The van der Waals surface area contributed by atoms with Gasteiger partial charge in [-0.1, -0.05) is 11.6 Å². The van der Waals surface area contributed by atoms with Crippen LogP contribution in [-0.4, -0.2) is 49.6 Å². The van der Waals surface area contributed by atoms with Crippen molar-refractivity contribution in [2.75, 3.05) is 36.8 Å². The van der Waals surface area contributed by atoms with Gasteiger partial charge in [-0.25, -0.2) is 13.4 Å². The zero-order valence-corrected chi connectivity index (χ0v) is 13.3. The Morgan fingerprint density at radius 3 is 2.32 bits per heavy atom. The summed E-state index contributed by atoms with van der Waals surface area (Å²) in [5.41, 5.74) is -0.909. The standard InChI is InChI=1S/C12H15ClF3N3O2S/c1-2-22(20,21)19-5-3-18(4-6-19)11-10(13)7-9(8-17-11)12(14,15)16/h7-8H,2-6H2,1H3. The Morgan fingerprint density at radius 1 is 1.27 bits per heavy atom. The van der Waals surface area contributed by atoms with Gasteiger partial charge < -0.3 is 4.90 Å². The maximum atomic E-state index is 12.6. The summed E-state index contributed by atoms with van der Waals surface area (Å²) >= 11 is 5.89. The molecule has 0 saturated carbocycles. The highest BCUT2D eigenvalue weighted by atomic mass is 35.5. The Hall–Kier alpha value is -1.06. The van der Waals surface area contributed by atoms with Crippen LogP contribution in [0, 0.1) is 0 Å².